The summed E-state index contributed by atoms with van der Waals surface area (Å²) in [5.74, 6) is 0. The van der Waals surface area contributed by atoms with E-state index in [2.05, 4.69) is 192 Å². The zero-order valence-corrected chi connectivity index (χ0v) is 44.3. The topological polar surface area (TPSA) is 150 Å². The Labute approximate surface area is 470 Å². The number of pyridine rings is 5. The van der Waals surface area contributed by atoms with E-state index in [0.717, 1.165) is 98.5 Å². The molecule has 0 aliphatic heterocycles. The van der Waals surface area contributed by atoms with Gasteiger partial charge in [0.1, 0.15) is 11.4 Å². The second-order valence-corrected chi connectivity index (χ2v) is 20.4. The molecule has 81 heavy (non-hydrogen) atoms. The van der Waals surface area contributed by atoms with Crippen molar-refractivity contribution in [3.8, 4) is 33.9 Å². The average Bonchev–Trinajstić information content (AvgIpc) is 4.36. The highest BCUT2D eigenvalue weighted by Gasteiger charge is 2.40. The molecule has 0 amide bonds. The minimum absolute atomic E-state index is 0.296. The zero-order chi connectivity index (χ0) is 54.3. The fourth-order valence-electron chi connectivity index (χ4n) is 11.7. The van der Waals surface area contributed by atoms with Crippen molar-refractivity contribution in [2.75, 3.05) is 0 Å². The summed E-state index contributed by atoms with van der Waals surface area (Å²) in [6.45, 7) is 0. The van der Waals surface area contributed by atoms with E-state index in [-0.39, 0.29) is 16.2 Å². The van der Waals surface area contributed by atoms with Gasteiger partial charge in [-0.1, -0.05) is 182 Å². The molecule has 0 saturated carbocycles. The summed E-state index contributed by atoms with van der Waals surface area (Å²) in [5, 5.41) is 23.6. The van der Waals surface area contributed by atoms with Gasteiger partial charge in [0, 0.05) is 101 Å². The van der Waals surface area contributed by atoms with Gasteiger partial charge in [-0.05, 0) is 77.4 Å². The number of hydrogen-bond acceptors (Lipinski definition) is 8. The molecule has 390 valence electrons. The third-order valence-electron chi connectivity index (χ3n) is 15.7. The predicted octanol–water partition coefficient (Wildman–Crippen LogP) is 13.9. The SMILES string of the molecule is C1=CC(c2ccccc2)(c2ccccn2)Cc2[nH]nc(-c3ccccc3)c21.C1=CC(c2ccccc2)(c2ccccn2)Cc2[nH]nc(-c3ccccn3)c21.C1=CC(c2ccccc2)(c2ccccn2)Cc2[nH]nc(-c3cccnc3)c21. The van der Waals surface area contributed by atoms with Crippen LogP contribution < -0.4 is 0 Å². The largest absolute Gasteiger partial charge is 0.281 e. The molecule has 3 unspecified atom stereocenters. The minimum atomic E-state index is -0.316. The van der Waals surface area contributed by atoms with Crippen LogP contribution in [0.5, 0.6) is 0 Å². The Hall–Kier alpha value is -10.5. The van der Waals surface area contributed by atoms with Gasteiger partial charge in [0.2, 0.25) is 0 Å². The second kappa shape index (κ2) is 22.1. The number of nitrogens with one attached hydrogen (secondary N) is 3. The van der Waals surface area contributed by atoms with Gasteiger partial charge in [-0.25, -0.2) is 0 Å². The predicted molar refractivity (Wildman–Crippen MR) is 320 cm³/mol. The van der Waals surface area contributed by atoms with Gasteiger partial charge in [-0.15, -0.1) is 0 Å². The van der Waals surface area contributed by atoms with Crippen LogP contribution in [0.3, 0.4) is 0 Å². The van der Waals surface area contributed by atoms with Crippen molar-refractivity contribution >= 4 is 18.2 Å². The van der Waals surface area contributed by atoms with E-state index < -0.39 is 0 Å². The number of fused-ring (bicyclic) bond motifs is 3. The Bertz CT molecular complexity index is 3560. The number of hydrogen-bond donors (Lipinski definition) is 3. The molecular formula is C70H55N11. The van der Waals surface area contributed by atoms with E-state index in [1.807, 2.05) is 116 Å². The molecule has 11 heteroatoms. The van der Waals surface area contributed by atoms with Crippen molar-refractivity contribution in [1.29, 1.82) is 0 Å². The number of nitrogens with zero attached hydrogens (tertiary/aromatic N) is 8. The molecule has 0 radical (unpaired) electrons. The van der Waals surface area contributed by atoms with E-state index in [9.17, 15) is 0 Å². The van der Waals surface area contributed by atoms with Crippen molar-refractivity contribution in [1.82, 2.24) is 55.5 Å². The van der Waals surface area contributed by atoms with Crippen LogP contribution >= 0.6 is 0 Å². The van der Waals surface area contributed by atoms with Gasteiger partial charge in [0.25, 0.3) is 0 Å². The number of rotatable bonds is 9. The van der Waals surface area contributed by atoms with Crippen LogP contribution in [0.2, 0.25) is 0 Å². The molecule has 0 spiro atoms. The summed E-state index contributed by atoms with van der Waals surface area (Å²) in [5.41, 5.74) is 18.5. The van der Waals surface area contributed by atoms with E-state index in [0.29, 0.717) is 0 Å². The molecule has 8 heterocycles. The lowest BCUT2D eigenvalue weighted by molar-refractivity contribution is 0.601. The molecule has 4 aromatic carbocycles. The first kappa shape index (κ1) is 50.0. The summed E-state index contributed by atoms with van der Waals surface area (Å²) >= 11 is 0. The Morgan fingerprint density at radius 3 is 1.05 bits per heavy atom. The highest BCUT2D eigenvalue weighted by atomic mass is 15.1. The molecule has 3 aliphatic rings. The summed E-state index contributed by atoms with van der Waals surface area (Å²) in [7, 11) is 0. The third kappa shape index (κ3) is 9.61. The standard InChI is InChI=1S/C24H19N3.2C23H18N4/c1-3-9-18(10-4-1)23-20-14-15-24(17-21(20)26-27-23,19-11-5-2-6-12-19)22-13-7-8-16-25-22;1-2-8-17(9-3-1)23(21-11-5-7-15-25-21)13-12-18-20(16-23)26-27-22(18)19-10-4-6-14-24-19;1-2-8-18(9-3-1)23(21-10-4-5-14-25-21)12-11-19-20(15-23)26-27-22(19)17-7-6-13-24-16-17/h1-16H,17H2,(H,26,27);1-15H,16H2,(H,26,27);1-14,16H,15H2,(H,26,27). The first-order chi connectivity index (χ1) is 40.1. The van der Waals surface area contributed by atoms with Crippen molar-refractivity contribution in [3.63, 3.8) is 0 Å². The van der Waals surface area contributed by atoms with Crippen molar-refractivity contribution in [2.45, 2.75) is 35.5 Å². The molecule has 0 bridgehead atoms. The first-order valence-corrected chi connectivity index (χ1v) is 27.2. The third-order valence-corrected chi connectivity index (χ3v) is 15.7. The highest BCUT2D eigenvalue weighted by Crippen LogP contribution is 2.45. The number of allylic oxidation sites excluding steroid dienone is 3. The fourth-order valence-corrected chi connectivity index (χ4v) is 11.7. The molecule has 8 aromatic heterocycles. The lowest BCUT2D eigenvalue weighted by atomic mass is 9.70. The average molecular weight is 1050 g/mol. The normalized spacial score (nSPS) is 18.2. The molecule has 3 aliphatic carbocycles. The Morgan fingerprint density at radius 1 is 0.309 bits per heavy atom. The molecular weight excluding hydrogens is 995 g/mol. The molecule has 3 atom stereocenters. The smallest absolute Gasteiger partial charge is 0.118 e. The van der Waals surface area contributed by atoms with Crippen LogP contribution in [0.25, 0.3) is 52.1 Å². The minimum Gasteiger partial charge on any atom is -0.281 e. The summed E-state index contributed by atoms with van der Waals surface area (Å²) in [6.07, 6.45) is 26.7. The van der Waals surface area contributed by atoms with E-state index in [1.54, 1.807) is 12.4 Å². The molecule has 12 aromatic rings. The number of H-pyrrole nitrogens is 3. The van der Waals surface area contributed by atoms with E-state index >= 15 is 0 Å². The van der Waals surface area contributed by atoms with Gasteiger partial charge in [0.15, 0.2) is 0 Å². The zero-order valence-electron chi connectivity index (χ0n) is 44.3. The molecule has 0 saturated heterocycles. The lowest BCUT2D eigenvalue weighted by Crippen LogP contribution is -2.31. The van der Waals surface area contributed by atoms with Crippen LogP contribution in [0.15, 0.2) is 262 Å². The van der Waals surface area contributed by atoms with Crippen LogP contribution in [0, 0.1) is 0 Å². The fraction of sp³-hybridized carbons (Fsp3) is 0.0857. The maximum atomic E-state index is 4.70. The molecule has 11 nitrogen and oxygen atoms in total. The van der Waals surface area contributed by atoms with Gasteiger partial charge in [0.05, 0.1) is 44.7 Å². The molecule has 15 rings (SSSR count). The maximum absolute atomic E-state index is 4.70. The number of aromatic nitrogens is 11. The second-order valence-electron chi connectivity index (χ2n) is 20.4. The van der Waals surface area contributed by atoms with Crippen molar-refractivity contribution in [3.05, 3.63) is 329 Å². The van der Waals surface area contributed by atoms with Gasteiger partial charge in [-0.3, -0.25) is 40.2 Å². The van der Waals surface area contributed by atoms with Crippen molar-refractivity contribution in [2.24, 2.45) is 0 Å². The van der Waals surface area contributed by atoms with Crippen LogP contribution in [-0.4, -0.2) is 55.5 Å². The van der Waals surface area contributed by atoms with Crippen LogP contribution in [0.1, 0.15) is 67.5 Å². The van der Waals surface area contributed by atoms with Crippen LogP contribution in [0.4, 0.5) is 0 Å². The summed E-state index contributed by atoms with van der Waals surface area (Å²) in [4.78, 5) is 22.8. The van der Waals surface area contributed by atoms with Crippen molar-refractivity contribution < 1.29 is 0 Å². The highest BCUT2D eigenvalue weighted by molar-refractivity contribution is 5.78. The quantitative estimate of drug-likeness (QED) is 0.129. The number of aromatic amines is 3. The van der Waals surface area contributed by atoms with Gasteiger partial charge >= 0.3 is 0 Å². The molecule has 3 N–H and O–H groups in total. The van der Waals surface area contributed by atoms with E-state index in [1.165, 1.54) is 22.3 Å². The Morgan fingerprint density at radius 2 is 0.667 bits per heavy atom. The van der Waals surface area contributed by atoms with Gasteiger partial charge in [-0.2, -0.15) is 15.3 Å². The molecule has 0 fully saturated rings. The summed E-state index contributed by atoms with van der Waals surface area (Å²) < 4.78 is 0. The van der Waals surface area contributed by atoms with Gasteiger partial charge < -0.3 is 0 Å². The number of benzene rings is 4. The monoisotopic (exact) mass is 1050 g/mol. The lowest BCUT2D eigenvalue weighted by Gasteiger charge is -2.33. The Balaban J connectivity index is 0.000000114. The van der Waals surface area contributed by atoms with E-state index in [4.69, 9.17) is 15.0 Å². The maximum Gasteiger partial charge on any atom is 0.118 e. The first-order valence-electron chi connectivity index (χ1n) is 27.2. The Kier molecular flexibility index (Phi) is 13.6. The van der Waals surface area contributed by atoms with Crippen LogP contribution in [-0.2, 0) is 35.5 Å². The summed E-state index contributed by atoms with van der Waals surface area (Å²) in [6, 6.07) is 70.2.